The van der Waals surface area contributed by atoms with Crippen LogP contribution in [0.15, 0.2) is 12.1 Å². The van der Waals surface area contributed by atoms with Crippen molar-refractivity contribution in [1.29, 1.82) is 0 Å². The maximum Gasteiger partial charge on any atom is 0.317 e. The van der Waals surface area contributed by atoms with Gasteiger partial charge in [0.1, 0.15) is 0 Å². The van der Waals surface area contributed by atoms with E-state index in [1.807, 2.05) is 39.8 Å². The van der Waals surface area contributed by atoms with Crippen LogP contribution in [0.25, 0.3) is 0 Å². The van der Waals surface area contributed by atoms with Crippen LogP contribution in [0.5, 0.6) is 17.2 Å². The predicted octanol–water partition coefficient (Wildman–Crippen LogP) is 2.62. The lowest BCUT2D eigenvalue weighted by Crippen LogP contribution is -2.42. The molecule has 0 unspecified atom stereocenters. The summed E-state index contributed by atoms with van der Waals surface area (Å²) in [7, 11) is 4.67. The number of hydrogen-bond acceptors (Lipinski definition) is 5. The molecule has 2 rings (SSSR count). The lowest BCUT2D eigenvalue weighted by Gasteiger charge is -2.21. The second kappa shape index (κ2) is 10.4. The summed E-state index contributed by atoms with van der Waals surface area (Å²) in [5, 5.41) is 5.93. The fourth-order valence-corrected chi connectivity index (χ4v) is 3.66. The third-order valence-corrected chi connectivity index (χ3v) is 5.16. The van der Waals surface area contributed by atoms with Crippen molar-refractivity contribution in [1.82, 2.24) is 15.5 Å². The summed E-state index contributed by atoms with van der Waals surface area (Å²) < 4.78 is 16.4. The zero-order chi connectivity index (χ0) is 22.4. The van der Waals surface area contributed by atoms with Crippen molar-refractivity contribution in [2.45, 2.75) is 39.7 Å². The van der Waals surface area contributed by atoms with Gasteiger partial charge in [0, 0.05) is 31.6 Å². The SMILES string of the molecule is COc1cc([C@@H]2CN(C(=O)NC(C)C)C[C@H]2C(=O)NCC(C)C)cc(OC)c1OC. The highest BCUT2D eigenvalue weighted by Gasteiger charge is 2.41. The third kappa shape index (κ3) is 5.49. The molecule has 30 heavy (non-hydrogen) atoms. The van der Waals surface area contributed by atoms with Gasteiger partial charge < -0.3 is 29.7 Å². The minimum Gasteiger partial charge on any atom is -0.493 e. The molecule has 1 fully saturated rings. The topological polar surface area (TPSA) is 89.1 Å². The zero-order valence-electron chi connectivity index (χ0n) is 19.1. The minimum absolute atomic E-state index is 0.0194. The van der Waals surface area contributed by atoms with E-state index in [0.717, 1.165) is 5.56 Å². The van der Waals surface area contributed by atoms with E-state index in [1.54, 1.807) is 26.2 Å². The largest absolute Gasteiger partial charge is 0.493 e. The number of rotatable bonds is 8. The van der Waals surface area contributed by atoms with Crippen LogP contribution in [0, 0.1) is 11.8 Å². The van der Waals surface area contributed by atoms with E-state index in [9.17, 15) is 9.59 Å². The van der Waals surface area contributed by atoms with Crippen molar-refractivity contribution in [2.75, 3.05) is 41.0 Å². The van der Waals surface area contributed by atoms with E-state index < -0.39 is 0 Å². The van der Waals surface area contributed by atoms with E-state index in [4.69, 9.17) is 14.2 Å². The van der Waals surface area contributed by atoms with Gasteiger partial charge in [-0.15, -0.1) is 0 Å². The molecule has 0 spiro atoms. The van der Waals surface area contributed by atoms with E-state index >= 15 is 0 Å². The number of nitrogens with zero attached hydrogens (tertiary/aromatic N) is 1. The molecule has 1 aromatic carbocycles. The molecule has 0 aromatic heterocycles. The summed E-state index contributed by atoms with van der Waals surface area (Å²) in [6.07, 6.45) is 0. The zero-order valence-corrected chi connectivity index (χ0v) is 19.1. The summed E-state index contributed by atoms with van der Waals surface area (Å²) in [6.45, 7) is 9.30. The van der Waals surface area contributed by atoms with Crippen LogP contribution in [-0.4, -0.2) is 63.8 Å². The number of carbonyl (C=O) groups excluding carboxylic acids is 2. The third-order valence-electron chi connectivity index (χ3n) is 5.16. The monoisotopic (exact) mass is 421 g/mol. The molecule has 1 heterocycles. The average molecular weight is 422 g/mol. The van der Waals surface area contributed by atoms with Crippen LogP contribution in [0.1, 0.15) is 39.2 Å². The van der Waals surface area contributed by atoms with Crippen molar-refractivity contribution in [3.63, 3.8) is 0 Å². The smallest absolute Gasteiger partial charge is 0.317 e. The Kier molecular flexibility index (Phi) is 8.20. The van der Waals surface area contributed by atoms with Gasteiger partial charge in [-0.1, -0.05) is 13.8 Å². The molecule has 1 aliphatic heterocycles. The molecule has 3 amide bonds. The number of benzene rings is 1. The maximum atomic E-state index is 13.0. The molecular formula is C22H35N3O5. The first-order valence-corrected chi connectivity index (χ1v) is 10.3. The predicted molar refractivity (Wildman–Crippen MR) is 115 cm³/mol. The highest BCUT2D eigenvalue weighted by molar-refractivity contribution is 5.83. The molecule has 8 nitrogen and oxygen atoms in total. The first kappa shape index (κ1) is 23.6. The normalized spacial score (nSPS) is 18.5. The Morgan fingerprint density at radius 3 is 2.10 bits per heavy atom. The molecule has 2 atom stereocenters. The number of amides is 3. The molecule has 0 radical (unpaired) electrons. The van der Waals surface area contributed by atoms with E-state index in [1.165, 1.54) is 0 Å². The van der Waals surface area contributed by atoms with Gasteiger partial charge in [-0.2, -0.15) is 0 Å². The Morgan fingerprint density at radius 1 is 1.03 bits per heavy atom. The molecule has 1 saturated heterocycles. The molecule has 1 aromatic rings. The highest BCUT2D eigenvalue weighted by atomic mass is 16.5. The van der Waals surface area contributed by atoms with Crippen LogP contribution in [0.3, 0.4) is 0 Å². The Bertz CT molecular complexity index is 725. The number of methoxy groups -OCH3 is 3. The summed E-state index contributed by atoms with van der Waals surface area (Å²) >= 11 is 0. The number of hydrogen-bond donors (Lipinski definition) is 2. The van der Waals surface area contributed by atoms with Gasteiger partial charge in [0.15, 0.2) is 11.5 Å². The summed E-state index contributed by atoms with van der Waals surface area (Å²) in [5.41, 5.74) is 0.869. The van der Waals surface area contributed by atoms with Gasteiger partial charge in [-0.25, -0.2) is 4.79 Å². The molecule has 0 bridgehead atoms. The lowest BCUT2D eigenvalue weighted by atomic mass is 9.87. The molecule has 1 aliphatic rings. The fourth-order valence-electron chi connectivity index (χ4n) is 3.66. The van der Waals surface area contributed by atoms with Gasteiger partial charge >= 0.3 is 6.03 Å². The molecule has 2 N–H and O–H groups in total. The van der Waals surface area contributed by atoms with Crippen molar-refractivity contribution < 1.29 is 23.8 Å². The van der Waals surface area contributed by atoms with Crippen molar-refractivity contribution in [3.05, 3.63) is 17.7 Å². The second-order valence-corrected chi connectivity index (χ2v) is 8.32. The first-order chi connectivity index (χ1) is 14.2. The van der Waals surface area contributed by atoms with E-state index in [2.05, 4.69) is 10.6 Å². The van der Waals surface area contributed by atoms with E-state index in [-0.39, 0.29) is 29.8 Å². The van der Waals surface area contributed by atoms with Crippen molar-refractivity contribution >= 4 is 11.9 Å². The van der Waals surface area contributed by atoms with Gasteiger partial charge in [-0.3, -0.25) is 4.79 Å². The Labute approximate surface area is 179 Å². The number of urea groups is 1. The summed E-state index contributed by atoms with van der Waals surface area (Å²) in [6, 6.07) is 3.57. The van der Waals surface area contributed by atoms with Crippen LogP contribution in [0.4, 0.5) is 4.79 Å². The minimum atomic E-state index is -0.371. The van der Waals surface area contributed by atoms with Crippen molar-refractivity contribution in [3.8, 4) is 17.2 Å². The maximum absolute atomic E-state index is 13.0. The van der Waals surface area contributed by atoms with Gasteiger partial charge in [0.05, 0.1) is 27.2 Å². The number of ether oxygens (including phenoxy) is 3. The Hall–Kier alpha value is -2.64. The lowest BCUT2D eigenvalue weighted by molar-refractivity contribution is -0.125. The fraction of sp³-hybridized carbons (Fsp3) is 0.636. The van der Waals surface area contributed by atoms with Gasteiger partial charge in [0.25, 0.3) is 0 Å². The number of carbonyl (C=O) groups is 2. The van der Waals surface area contributed by atoms with Crippen LogP contribution >= 0.6 is 0 Å². The molecule has 8 heteroatoms. The van der Waals surface area contributed by atoms with Crippen molar-refractivity contribution in [2.24, 2.45) is 11.8 Å². The molecule has 168 valence electrons. The van der Waals surface area contributed by atoms with Gasteiger partial charge in [-0.05, 0) is 37.5 Å². The quantitative estimate of drug-likeness (QED) is 0.674. The molecule has 0 saturated carbocycles. The summed E-state index contributed by atoms with van der Waals surface area (Å²) in [5.74, 6) is 1.28. The Balaban J connectivity index is 2.39. The van der Waals surface area contributed by atoms with E-state index in [0.29, 0.717) is 42.8 Å². The first-order valence-electron chi connectivity index (χ1n) is 10.3. The van der Waals surface area contributed by atoms with Crippen LogP contribution in [0.2, 0.25) is 0 Å². The molecule has 0 aliphatic carbocycles. The standard InChI is InChI=1S/C22H35N3O5/c1-13(2)10-23-21(26)17-12-25(22(27)24-14(3)4)11-16(17)15-8-18(28-5)20(30-7)19(9-15)29-6/h8-9,13-14,16-17H,10-12H2,1-7H3,(H,23,26)(H,24,27)/t16-,17+/m0/s1. The van der Waals surface area contributed by atoms with Crippen LogP contribution in [-0.2, 0) is 4.79 Å². The van der Waals surface area contributed by atoms with Crippen LogP contribution < -0.4 is 24.8 Å². The van der Waals surface area contributed by atoms with Gasteiger partial charge in [0.2, 0.25) is 11.7 Å². The molecular weight excluding hydrogens is 386 g/mol. The highest BCUT2D eigenvalue weighted by Crippen LogP contribution is 2.43. The Morgan fingerprint density at radius 2 is 1.63 bits per heavy atom. The number of nitrogens with one attached hydrogen (secondary N) is 2. The summed E-state index contributed by atoms with van der Waals surface area (Å²) in [4.78, 5) is 27.3. The average Bonchev–Trinajstić information content (AvgIpc) is 3.16. The second-order valence-electron chi connectivity index (χ2n) is 8.32. The number of likely N-dealkylation sites (tertiary alicyclic amines) is 1.